The van der Waals surface area contributed by atoms with Gasteiger partial charge in [-0.05, 0) is 50.8 Å². The summed E-state index contributed by atoms with van der Waals surface area (Å²) in [5.74, 6) is 0.667. The van der Waals surface area contributed by atoms with Crippen LogP contribution in [-0.4, -0.2) is 33.4 Å². The molecule has 1 N–H and O–H groups in total. The van der Waals surface area contributed by atoms with E-state index in [9.17, 15) is 9.18 Å². The molecule has 1 fully saturated rings. The van der Waals surface area contributed by atoms with Crippen LogP contribution in [0.1, 0.15) is 60.8 Å². The maximum atomic E-state index is 13.5. The van der Waals surface area contributed by atoms with Crippen molar-refractivity contribution in [2.24, 2.45) is 0 Å². The van der Waals surface area contributed by atoms with E-state index in [4.69, 9.17) is 4.42 Å². The van der Waals surface area contributed by atoms with Gasteiger partial charge in [0.15, 0.2) is 0 Å². The Kier molecular flexibility index (Phi) is 4.76. The minimum absolute atomic E-state index is 0.00125. The fourth-order valence-electron chi connectivity index (χ4n) is 3.73. The van der Waals surface area contributed by atoms with Crippen LogP contribution in [0.25, 0.3) is 11.1 Å². The highest BCUT2D eigenvalue weighted by molar-refractivity contribution is 6.10. The molecule has 1 aliphatic carbocycles. The Morgan fingerprint density at radius 3 is 2.62 bits per heavy atom. The number of nitrogens with zero attached hydrogens (tertiary/aromatic N) is 3. The van der Waals surface area contributed by atoms with Gasteiger partial charge in [0, 0.05) is 12.6 Å². The average molecular weight is 396 g/mol. The Morgan fingerprint density at radius 1 is 1.31 bits per heavy atom. The summed E-state index contributed by atoms with van der Waals surface area (Å²) in [6.07, 6.45) is 4.26. The van der Waals surface area contributed by atoms with Gasteiger partial charge in [-0.2, -0.15) is 0 Å². The van der Waals surface area contributed by atoms with Gasteiger partial charge in [0.05, 0.1) is 17.0 Å². The number of nitrogens with one attached hydrogen (secondary N) is 1. The van der Waals surface area contributed by atoms with Gasteiger partial charge in [0.2, 0.25) is 5.71 Å². The molecule has 1 aliphatic rings. The third-order valence-corrected chi connectivity index (χ3v) is 5.73. The number of halogens is 1. The first-order chi connectivity index (χ1) is 13.8. The number of hydrogen-bond acceptors (Lipinski definition) is 5. The number of anilines is 1. The fraction of sp³-hybridized carbons (Fsp3) is 0.409. The molecule has 0 bridgehead atoms. The third kappa shape index (κ3) is 3.57. The van der Waals surface area contributed by atoms with Crippen molar-refractivity contribution >= 4 is 22.8 Å². The third-order valence-electron chi connectivity index (χ3n) is 5.73. The predicted molar refractivity (Wildman–Crippen MR) is 109 cm³/mol. The molecule has 0 saturated heterocycles. The molecular weight excluding hydrogens is 371 g/mol. The number of rotatable bonds is 6. The van der Waals surface area contributed by atoms with Crippen LogP contribution < -0.4 is 5.32 Å². The minimum atomic E-state index is -0.296. The molecule has 2 heterocycles. The van der Waals surface area contributed by atoms with E-state index in [0.717, 1.165) is 18.4 Å². The van der Waals surface area contributed by atoms with E-state index in [1.165, 1.54) is 18.5 Å². The number of furan rings is 1. The molecule has 4 rings (SSSR count). The van der Waals surface area contributed by atoms with E-state index in [1.54, 1.807) is 31.0 Å². The lowest BCUT2D eigenvalue weighted by molar-refractivity contribution is 0.0726. The van der Waals surface area contributed by atoms with Crippen LogP contribution in [0.5, 0.6) is 0 Å². The molecule has 2 aromatic heterocycles. The van der Waals surface area contributed by atoms with Gasteiger partial charge in [-0.15, -0.1) is 0 Å². The van der Waals surface area contributed by atoms with E-state index >= 15 is 0 Å². The smallest absolute Gasteiger partial charge is 0.258 e. The first-order valence-electron chi connectivity index (χ1n) is 9.88. The molecule has 1 atom stereocenters. The highest BCUT2D eigenvalue weighted by atomic mass is 19.1. The Labute approximate surface area is 169 Å². The number of amides is 1. The Bertz CT molecular complexity index is 1060. The number of carbonyl (C=O) groups excluding carboxylic acids is 1. The molecule has 1 unspecified atom stereocenters. The Balaban J connectivity index is 1.73. The van der Waals surface area contributed by atoms with E-state index in [-0.39, 0.29) is 23.3 Å². The standard InChI is InChI=1S/C22H25FN4O2/c1-5-16(14-6-8-15(23)9-7-14)27(4)21(28)17-13(2)29-20-18(17)19(24-12-25-20)26-22(3)10-11-22/h6-9,12,16H,5,10-11H2,1-4H3,(H,24,25,26). The molecule has 3 aromatic rings. The van der Waals surface area contributed by atoms with Gasteiger partial charge in [0.25, 0.3) is 5.91 Å². The number of aromatic nitrogens is 2. The second kappa shape index (κ2) is 7.13. The van der Waals surface area contributed by atoms with Crippen molar-refractivity contribution in [2.75, 3.05) is 12.4 Å². The predicted octanol–water partition coefficient (Wildman–Crippen LogP) is 4.86. The monoisotopic (exact) mass is 396 g/mol. The topological polar surface area (TPSA) is 71.3 Å². The Hall–Kier alpha value is -2.96. The lowest BCUT2D eigenvalue weighted by Gasteiger charge is -2.28. The highest BCUT2D eigenvalue weighted by Gasteiger charge is 2.39. The van der Waals surface area contributed by atoms with Crippen molar-refractivity contribution in [1.82, 2.24) is 14.9 Å². The molecule has 29 heavy (non-hydrogen) atoms. The van der Waals surface area contributed by atoms with Gasteiger partial charge in [0.1, 0.15) is 23.7 Å². The van der Waals surface area contributed by atoms with Crippen molar-refractivity contribution in [3.63, 3.8) is 0 Å². The van der Waals surface area contributed by atoms with Gasteiger partial charge in [-0.3, -0.25) is 4.79 Å². The molecule has 6 nitrogen and oxygen atoms in total. The van der Waals surface area contributed by atoms with Crippen molar-refractivity contribution in [1.29, 1.82) is 0 Å². The summed E-state index contributed by atoms with van der Waals surface area (Å²) in [6.45, 7) is 5.90. The molecule has 7 heteroatoms. The largest absolute Gasteiger partial charge is 0.442 e. The number of benzene rings is 1. The number of hydrogen-bond donors (Lipinski definition) is 1. The average Bonchev–Trinajstić information content (AvgIpc) is 3.31. The number of carbonyl (C=O) groups is 1. The lowest BCUT2D eigenvalue weighted by atomic mass is 10.0. The van der Waals surface area contributed by atoms with Crippen LogP contribution in [0.2, 0.25) is 0 Å². The van der Waals surface area contributed by atoms with Crippen molar-refractivity contribution < 1.29 is 13.6 Å². The van der Waals surface area contributed by atoms with Gasteiger partial charge >= 0.3 is 0 Å². The zero-order valence-electron chi connectivity index (χ0n) is 17.1. The first kappa shape index (κ1) is 19.4. The summed E-state index contributed by atoms with van der Waals surface area (Å²) < 4.78 is 19.1. The SMILES string of the molecule is CCC(c1ccc(F)cc1)N(C)C(=O)c1c(C)oc2ncnc(NC3(C)CC3)c12. The van der Waals surface area contributed by atoms with E-state index in [0.29, 0.717) is 34.7 Å². The highest BCUT2D eigenvalue weighted by Crippen LogP contribution is 2.40. The molecule has 1 saturated carbocycles. The normalized spacial score (nSPS) is 15.9. The molecular formula is C22H25FN4O2. The number of aryl methyl sites for hydroxylation is 1. The Morgan fingerprint density at radius 2 is 2.00 bits per heavy atom. The quantitative estimate of drug-likeness (QED) is 0.644. The zero-order chi connectivity index (χ0) is 20.8. The van der Waals surface area contributed by atoms with E-state index in [1.807, 2.05) is 6.92 Å². The summed E-state index contributed by atoms with van der Waals surface area (Å²) >= 11 is 0. The molecule has 1 aromatic carbocycles. The van der Waals surface area contributed by atoms with Crippen molar-refractivity contribution in [3.05, 3.63) is 53.3 Å². The van der Waals surface area contributed by atoms with Gasteiger partial charge in [-0.25, -0.2) is 14.4 Å². The minimum Gasteiger partial charge on any atom is -0.442 e. The second-order valence-electron chi connectivity index (χ2n) is 8.01. The van der Waals surface area contributed by atoms with E-state index in [2.05, 4.69) is 22.2 Å². The molecule has 0 aliphatic heterocycles. The summed E-state index contributed by atoms with van der Waals surface area (Å²) in [5.41, 5.74) is 1.75. The lowest BCUT2D eigenvalue weighted by Crippen LogP contribution is -2.31. The number of fused-ring (bicyclic) bond motifs is 1. The van der Waals surface area contributed by atoms with Crippen LogP contribution in [0.3, 0.4) is 0 Å². The maximum Gasteiger partial charge on any atom is 0.258 e. The summed E-state index contributed by atoms with van der Waals surface area (Å²) in [6, 6.07) is 6.09. The molecule has 0 radical (unpaired) electrons. The van der Waals surface area contributed by atoms with Crippen LogP contribution in [0.4, 0.5) is 10.2 Å². The van der Waals surface area contributed by atoms with Crippen LogP contribution in [-0.2, 0) is 0 Å². The van der Waals surface area contributed by atoms with Crippen molar-refractivity contribution in [2.45, 2.75) is 51.6 Å². The maximum absolute atomic E-state index is 13.5. The van der Waals surface area contributed by atoms with Crippen LogP contribution >= 0.6 is 0 Å². The second-order valence-corrected chi connectivity index (χ2v) is 8.01. The summed E-state index contributed by atoms with van der Waals surface area (Å²) in [5, 5.41) is 4.06. The van der Waals surface area contributed by atoms with Crippen LogP contribution in [0.15, 0.2) is 35.0 Å². The molecule has 0 spiro atoms. The zero-order valence-corrected chi connectivity index (χ0v) is 17.1. The van der Waals surface area contributed by atoms with Gasteiger partial charge < -0.3 is 14.6 Å². The van der Waals surface area contributed by atoms with E-state index < -0.39 is 0 Å². The van der Waals surface area contributed by atoms with Gasteiger partial charge in [-0.1, -0.05) is 19.1 Å². The fourth-order valence-corrected chi connectivity index (χ4v) is 3.73. The molecule has 1 amide bonds. The van der Waals surface area contributed by atoms with Crippen molar-refractivity contribution in [3.8, 4) is 0 Å². The molecule has 152 valence electrons. The van der Waals surface area contributed by atoms with Crippen LogP contribution in [0, 0.1) is 12.7 Å². The summed E-state index contributed by atoms with van der Waals surface area (Å²) in [7, 11) is 1.76. The summed E-state index contributed by atoms with van der Waals surface area (Å²) in [4.78, 5) is 23.8. The first-order valence-corrected chi connectivity index (χ1v) is 9.88.